The molecule has 2 rings (SSSR count). The van der Waals surface area contributed by atoms with Crippen molar-refractivity contribution in [3.63, 3.8) is 0 Å². The minimum atomic E-state index is -1.16. The number of hydrazine groups is 1. The Kier molecular flexibility index (Phi) is 6.58. The van der Waals surface area contributed by atoms with Gasteiger partial charge in [-0.3, -0.25) is 4.90 Å². The van der Waals surface area contributed by atoms with Gasteiger partial charge in [-0.2, -0.15) is 0 Å². The molecule has 0 spiro atoms. The quantitative estimate of drug-likeness (QED) is 0.572. The van der Waals surface area contributed by atoms with Crippen LogP contribution in [0.3, 0.4) is 0 Å². The number of ether oxygens (including phenoxy) is 1. The van der Waals surface area contributed by atoms with E-state index in [4.69, 9.17) is 21.4 Å². The highest BCUT2D eigenvalue weighted by Gasteiger charge is 2.33. The average molecular weight is 330 g/mol. The zero-order valence-corrected chi connectivity index (χ0v) is 12.9. The van der Waals surface area contributed by atoms with Gasteiger partial charge in [-0.05, 0) is 0 Å². The third-order valence-corrected chi connectivity index (χ3v) is 2.88. The van der Waals surface area contributed by atoms with Gasteiger partial charge in [0.15, 0.2) is 17.4 Å². The number of phenols is 1. The first kappa shape index (κ1) is 18.5. The molecule has 0 aromatic heterocycles. The van der Waals surface area contributed by atoms with E-state index in [1.165, 1.54) is 17.4 Å². The van der Waals surface area contributed by atoms with Crippen molar-refractivity contribution in [1.29, 1.82) is 0 Å². The molecule has 128 valence electrons. The number of phenolic OH excluding ortho intramolecular Hbond substituents is 1. The van der Waals surface area contributed by atoms with Gasteiger partial charge in [-0.15, -0.1) is 0 Å². The molecule has 9 heteroatoms. The van der Waals surface area contributed by atoms with Crippen LogP contribution in [0.15, 0.2) is 24.5 Å². The lowest BCUT2D eigenvalue weighted by Gasteiger charge is -2.17. The van der Waals surface area contributed by atoms with E-state index in [-0.39, 0.29) is 18.8 Å². The number of carbonyl (C=O) groups excluding carboxylic acids is 1. The first-order chi connectivity index (χ1) is 10.9. The number of nitrogens with two attached hydrogens (primary N) is 2. The van der Waals surface area contributed by atoms with Crippen molar-refractivity contribution >= 4 is 11.8 Å². The molecular weight excluding hydrogens is 310 g/mol. The largest absolute Gasteiger partial charge is 0.503 e. The molecule has 0 bridgehead atoms. The van der Waals surface area contributed by atoms with Gasteiger partial charge in [-0.25, -0.2) is 19.4 Å². The Hall–Kier alpha value is -2.55. The fourth-order valence-corrected chi connectivity index (χ4v) is 1.94. The highest BCUT2D eigenvalue weighted by atomic mass is 19.1. The van der Waals surface area contributed by atoms with Crippen LogP contribution < -0.4 is 16.5 Å². The van der Waals surface area contributed by atoms with E-state index in [1.54, 1.807) is 0 Å². The average Bonchev–Trinajstić information content (AvgIpc) is 2.87. The number of amides is 1. The van der Waals surface area contributed by atoms with E-state index >= 15 is 0 Å². The molecule has 23 heavy (non-hydrogen) atoms. The van der Waals surface area contributed by atoms with E-state index in [0.717, 1.165) is 17.0 Å². The third-order valence-electron chi connectivity index (χ3n) is 2.88. The van der Waals surface area contributed by atoms with Crippen molar-refractivity contribution in [3.8, 4) is 5.75 Å². The Morgan fingerprint density at radius 3 is 2.52 bits per heavy atom. The number of rotatable bonds is 4. The van der Waals surface area contributed by atoms with Crippen LogP contribution in [-0.2, 0) is 4.74 Å². The van der Waals surface area contributed by atoms with Gasteiger partial charge >= 0.3 is 6.09 Å². The normalized spacial score (nSPS) is 17.0. The molecule has 0 aliphatic carbocycles. The molecular formula is C14H20F2N4O3. The Labute approximate surface area is 132 Å². The lowest BCUT2D eigenvalue weighted by atomic mass is 10.2. The summed E-state index contributed by atoms with van der Waals surface area (Å²) < 4.78 is 31.7. The maximum atomic E-state index is 13.3. The number of carbonyl (C=O) groups is 1. The fourth-order valence-electron chi connectivity index (χ4n) is 1.94. The van der Waals surface area contributed by atoms with Crippen molar-refractivity contribution in [2.24, 2.45) is 11.6 Å². The molecule has 1 aromatic rings. The van der Waals surface area contributed by atoms with E-state index < -0.39 is 29.6 Å². The molecule has 1 aliphatic rings. The van der Waals surface area contributed by atoms with Crippen LogP contribution in [0, 0.1) is 11.6 Å². The van der Waals surface area contributed by atoms with Crippen LogP contribution in [-0.4, -0.2) is 35.4 Å². The third kappa shape index (κ3) is 4.46. The Balaban J connectivity index is 0.00000127. The van der Waals surface area contributed by atoms with Gasteiger partial charge in [0, 0.05) is 24.5 Å². The molecule has 1 aliphatic heterocycles. The number of hydrogen-bond donors (Lipinski definition) is 3. The summed E-state index contributed by atoms with van der Waals surface area (Å²) in [6.45, 7) is 4.23. The standard InChI is InChI=1S/C12H14F2N4O3.C2H6/c13-9-3-7(4-10(14)11(9)19)18-6-8(21-12(18)20)5-17(16)2-1-15;1-2/h1-4,8,19H,5-6,15-16H2;1-2H3/b2-1-;. The van der Waals surface area contributed by atoms with E-state index in [9.17, 15) is 13.6 Å². The first-order valence-electron chi connectivity index (χ1n) is 6.98. The molecule has 1 amide bonds. The van der Waals surface area contributed by atoms with Crippen LogP contribution in [0.2, 0.25) is 0 Å². The lowest BCUT2D eigenvalue weighted by molar-refractivity contribution is 0.122. The Morgan fingerprint density at radius 1 is 1.43 bits per heavy atom. The first-order valence-corrected chi connectivity index (χ1v) is 6.98. The van der Waals surface area contributed by atoms with Gasteiger partial charge in [0.05, 0.1) is 18.8 Å². The van der Waals surface area contributed by atoms with Gasteiger partial charge in [0.1, 0.15) is 6.10 Å². The van der Waals surface area contributed by atoms with Gasteiger partial charge in [-0.1, -0.05) is 13.8 Å². The molecule has 1 fully saturated rings. The summed E-state index contributed by atoms with van der Waals surface area (Å²) >= 11 is 0. The van der Waals surface area contributed by atoms with E-state index in [2.05, 4.69) is 0 Å². The second kappa shape index (κ2) is 8.18. The molecule has 1 heterocycles. The molecule has 0 radical (unpaired) electrons. The van der Waals surface area contributed by atoms with Crippen molar-refractivity contribution in [2.45, 2.75) is 20.0 Å². The monoisotopic (exact) mass is 330 g/mol. The van der Waals surface area contributed by atoms with Gasteiger partial charge in [0.2, 0.25) is 0 Å². The van der Waals surface area contributed by atoms with Crippen molar-refractivity contribution in [3.05, 3.63) is 36.2 Å². The minimum Gasteiger partial charge on any atom is -0.503 e. The number of aromatic hydroxyl groups is 1. The summed E-state index contributed by atoms with van der Waals surface area (Å²) in [7, 11) is 0. The summed E-state index contributed by atoms with van der Waals surface area (Å²) in [4.78, 5) is 12.8. The molecule has 5 N–H and O–H groups in total. The highest BCUT2D eigenvalue weighted by molar-refractivity contribution is 5.89. The summed E-state index contributed by atoms with van der Waals surface area (Å²) in [5, 5.41) is 10.3. The molecule has 1 saturated heterocycles. The van der Waals surface area contributed by atoms with Crippen LogP contribution in [0.25, 0.3) is 0 Å². The lowest BCUT2D eigenvalue weighted by Crippen LogP contribution is -2.36. The summed E-state index contributed by atoms with van der Waals surface area (Å²) in [5.41, 5.74) is 5.12. The Bertz CT molecular complexity index is 560. The minimum absolute atomic E-state index is 0.0479. The van der Waals surface area contributed by atoms with Crippen LogP contribution in [0.5, 0.6) is 5.75 Å². The zero-order valence-electron chi connectivity index (χ0n) is 12.9. The maximum absolute atomic E-state index is 13.3. The van der Waals surface area contributed by atoms with Crippen LogP contribution in [0.4, 0.5) is 19.3 Å². The molecule has 7 nitrogen and oxygen atoms in total. The highest BCUT2D eigenvalue weighted by Crippen LogP contribution is 2.29. The number of hydrogen-bond acceptors (Lipinski definition) is 6. The molecule has 0 saturated carbocycles. The van der Waals surface area contributed by atoms with E-state index in [0.29, 0.717) is 0 Å². The number of benzene rings is 1. The van der Waals surface area contributed by atoms with Crippen LogP contribution in [0.1, 0.15) is 13.8 Å². The smallest absolute Gasteiger partial charge is 0.414 e. The number of halogens is 2. The van der Waals surface area contributed by atoms with Crippen LogP contribution >= 0.6 is 0 Å². The Morgan fingerprint density at radius 2 is 2.00 bits per heavy atom. The van der Waals surface area contributed by atoms with Crippen molar-refractivity contribution < 1.29 is 23.4 Å². The number of cyclic esters (lactones) is 1. The molecule has 1 atom stereocenters. The molecule has 1 aromatic carbocycles. The number of nitrogens with zero attached hydrogens (tertiary/aromatic N) is 2. The van der Waals surface area contributed by atoms with Crippen molar-refractivity contribution in [1.82, 2.24) is 5.01 Å². The second-order valence-corrected chi connectivity index (χ2v) is 4.41. The topological polar surface area (TPSA) is 105 Å². The fraction of sp³-hybridized carbons (Fsp3) is 0.357. The number of anilines is 1. The van der Waals surface area contributed by atoms with Gasteiger partial charge < -0.3 is 20.6 Å². The second-order valence-electron chi connectivity index (χ2n) is 4.41. The van der Waals surface area contributed by atoms with Gasteiger partial charge in [0.25, 0.3) is 0 Å². The maximum Gasteiger partial charge on any atom is 0.414 e. The predicted molar refractivity (Wildman–Crippen MR) is 81.2 cm³/mol. The van der Waals surface area contributed by atoms with E-state index in [1.807, 2.05) is 13.8 Å². The van der Waals surface area contributed by atoms with Crippen molar-refractivity contribution in [2.75, 3.05) is 18.0 Å². The molecule has 1 unspecified atom stereocenters. The predicted octanol–water partition coefficient (Wildman–Crippen LogP) is 1.63. The SMILES string of the molecule is CC.N/C=C\N(N)CC1CN(c2cc(F)c(O)c(F)c2)C(=O)O1. The summed E-state index contributed by atoms with van der Waals surface area (Å²) in [6.07, 6.45) is 1.27. The summed E-state index contributed by atoms with van der Waals surface area (Å²) in [6, 6.07) is 1.70. The summed E-state index contributed by atoms with van der Waals surface area (Å²) in [5.74, 6) is 2.15. The zero-order chi connectivity index (χ0) is 17.6.